The molecule has 3 nitrogen and oxygen atoms in total. The lowest BCUT2D eigenvalue weighted by atomic mass is 10.1. The van der Waals surface area contributed by atoms with Gasteiger partial charge in [0.15, 0.2) is 0 Å². The summed E-state index contributed by atoms with van der Waals surface area (Å²) in [6.45, 7) is 2.77. The second-order valence-corrected chi connectivity index (χ2v) is 3.59. The van der Waals surface area contributed by atoms with Crippen molar-refractivity contribution in [2.45, 2.75) is 26.2 Å². The molecular weight excluding hydrogens is 188 g/mol. The molecule has 3 N–H and O–H groups in total. The molecule has 0 bridgehead atoms. The maximum Gasteiger partial charge on any atom is 0.219 e. The highest BCUT2D eigenvalue weighted by molar-refractivity contribution is 5.74. The maximum atomic E-state index is 10.5. The first-order chi connectivity index (χ1) is 7.22. The molecule has 0 fully saturated rings. The first-order valence-electron chi connectivity index (χ1n) is 5.33. The quantitative estimate of drug-likeness (QED) is 0.747. The van der Waals surface area contributed by atoms with E-state index in [-0.39, 0.29) is 5.91 Å². The number of anilines is 1. The van der Waals surface area contributed by atoms with Crippen LogP contribution in [-0.2, 0) is 11.2 Å². The number of aryl methyl sites for hydroxylation is 1. The van der Waals surface area contributed by atoms with E-state index in [4.69, 9.17) is 5.73 Å². The molecule has 0 aliphatic rings. The zero-order valence-electron chi connectivity index (χ0n) is 9.12. The van der Waals surface area contributed by atoms with Gasteiger partial charge in [-0.15, -0.1) is 0 Å². The van der Waals surface area contributed by atoms with Gasteiger partial charge in [-0.2, -0.15) is 0 Å². The normalized spacial score (nSPS) is 9.93. The van der Waals surface area contributed by atoms with Crippen LogP contribution in [0.4, 0.5) is 5.69 Å². The minimum atomic E-state index is -0.273. The summed E-state index contributed by atoms with van der Waals surface area (Å²) in [4.78, 5) is 10.5. The van der Waals surface area contributed by atoms with Gasteiger partial charge in [-0.3, -0.25) is 4.79 Å². The molecule has 1 aromatic rings. The molecule has 0 atom stereocenters. The molecule has 0 aromatic heterocycles. The summed E-state index contributed by atoms with van der Waals surface area (Å²) >= 11 is 0. The van der Waals surface area contributed by atoms with Gasteiger partial charge in [-0.25, -0.2) is 0 Å². The minimum Gasteiger partial charge on any atom is -0.385 e. The van der Waals surface area contributed by atoms with Crippen molar-refractivity contribution >= 4 is 11.6 Å². The molecule has 15 heavy (non-hydrogen) atoms. The molecule has 1 amide bonds. The third-order valence-electron chi connectivity index (χ3n) is 2.19. The van der Waals surface area contributed by atoms with Gasteiger partial charge in [-0.05, 0) is 24.1 Å². The van der Waals surface area contributed by atoms with E-state index in [9.17, 15) is 4.79 Å². The molecule has 0 aliphatic carbocycles. The van der Waals surface area contributed by atoms with E-state index in [1.807, 2.05) is 12.1 Å². The Hall–Kier alpha value is -1.51. The van der Waals surface area contributed by atoms with Crippen LogP contribution in [0.2, 0.25) is 0 Å². The Bertz CT molecular complexity index is 306. The summed E-state index contributed by atoms with van der Waals surface area (Å²) in [7, 11) is 0. The van der Waals surface area contributed by atoms with Crippen LogP contribution in [0, 0.1) is 0 Å². The highest BCUT2D eigenvalue weighted by atomic mass is 16.1. The fourth-order valence-electron chi connectivity index (χ4n) is 1.41. The average molecular weight is 206 g/mol. The molecule has 0 radical (unpaired) electrons. The second-order valence-electron chi connectivity index (χ2n) is 3.59. The van der Waals surface area contributed by atoms with Crippen LogP contribution in [0.3, 0.4) is 0 Å². The third-order valence-corrected chi connectivity index (χ3v) is 2.19. The summed E-state index contributed by atoms with van der Waals surface area (Å²) in [5, 5.41) is 3.14. The Morgan fingerprint density at radius 1 is 1.33 bits per heavy atom. The van der Waals surface area contributed by atoms with Crippen LogP contribution < -0.4 is 11.1 Å². The molecule has 0 aliphatic heterocycles. The SMILES string of the molecule is CCCc1ccc(NCCC(N)=O)cc1. The van der Waals surface area contributed by atoms with Gasteiger partial charge in [0, 0.05) is 18.7 Å². The van der Waals surface area contributed by atoms with Crippen LogP contribution in [0.25, 0.3) is 0 Å². The van der Waals surface area contributed by atoms with Crippen LogP contribution in [-0.4, -0.2) is 12.5 Å². The first-order valence-corrected chi connectivity index (χ1v) is 5.33. The fourth-order valence-corrected chi connectivity index (χ4v) is 1.41. The van der Waals surface area contributed by atoms with Gasteiger partial charge in [-0.1, -0.05) is 25.5 Å². The van der Waals surface area contributed by atoms with Crippen molar-refractivity contribution in [3.63, 3.8) is 0 Å². The number of benzene rings is 1. The Balaban J connectivity index is 2.39. The van der Waals surface area contributed by atoms with Gasteiger partial charge in [0.1, 0.15) is 0 Å². The van der Waals surface area contributed by atoms with Crippen LogP contribution in [0.15, 0.2) is 24.3 Å². The largest absolute Gasteiger partial charge is 0.385 e. The number of nitrogens with one attached hydrogen (secondary N) is 1. The highest BCUT2D eigenvalue weighted by Gasteiger charge is 1.95. The highest BCUT2D eigenvalue weighted by Crippen LogP contribution is 2.10. The molecule has 0 spiro atoms. The number of rotatable bonds is 6. The third kappa shape index (κ3) is 4.49. The van der Waals surface area contributed by atoms with Crippen molar-refractivity contribution < 1.29 is 4.79 Å². The topological polar surface area (TPSA) is 55.1 Å². The van der Waals surface area contributed by atoms with E-state index in [0.29, 0.717) is 13.0 Å². The maximum absolute atomic E-state index is 10.5. The van der Waals surface area contributed by atoms with Crippen molar-refractivity contribution in [3.8, 4) is 0 Å². The van der Waals surface area contributed by atoms with Gasteiger partial charge in [0.2, 0.25) is 5.91 Å². The molecule has 0 saturated carbocycles. The summed E-state index contributed by atoms with van der Waals surface area (Å²) in [5.41, 5.74) is 7.42. The number of amides is 1. The van der Waals surface area contributed by atoms with E-state index >= 15 is 0 Å². The van der Waals surface area contributed by atoms with Crippen molar-refractivity contribution in [2.75, 3.05) is 11.9 Å². The number of primary amides is 1. The van der Waals surface area contributed by atoms with E-state index < -0.39 is 0 Å². The van der Waals surface area contributed by atoms with E-state index in [2.05, 4.69) is 24.4 Å². The molecule has 0 saturated heterocycles. The Labute approximate surface area is 90.7 Å². The monoisotopic (exact) mass is 206 g/mol. The summed E-state index contributed by atoms with van der Waals surface area (Å²) in [6.07, 6.45) is 2.65. The molecule has 3 heteroatoms. The van der Waals surface area contributed by atoms with Crippen LogP contribution in [0.5, 0.6) is 0 Å². The predicted octanol–water partition coefficient (Wildman–Crippen LogP) is 1.93. The molecule has 0 heterocycles. The molecular formula is C12H18N2O. The van der Waals surface area contributed by atoms with Crippen molar-refractivity contribution in [2.24, 2.45) is 5.73 Å². The molecule has 1 rings (SSSR count). The second kappa shape index (κ2) is 6.06. The van der Waals surface area contributed by atoms with Crippen molar-refractivity contribution in [3.05, 3.63) is 29.8 Å². The zero-order chi connectivity index (χ0) is 11.1. The van der Waals surface area contributed by atoms with Gasteiger partial charge in [0.05, 0.1) is 0 Å². The lowest BCUT2D eigenvalue weighted by Gasteiger charge is -2.05. The summed E-state index contributed by atoms with van der Waals surface area (Å²) in [6, 6.07) is 8.28. The number of carbonyl (C=O) groups is 1. The smallest absolute Gasteiger partial charge is 0.219 e. The van der Waals surface area contributed by atoms with E-state index in [1.165, 1.54) is 5.56 Å². The molecule has 1 aromatic carbocycles. The summed E-state index contributed by atoms with van der Waals surface area (Å²) in [5.74, 6) is -0.273. The number of nitrogens with two attached hydrogens (primary N) is 1. The van der Waals surface area contributed by atoms with Crippen molar-refractivity contribution in [1.82, 2.24) is 0 Å². The van der Waals surface area contributed by atoms with Crippen LogP contribution >= 0.6 is 0 Å². The Morgan fingerprint density at radius 3 is 2.53 bits per heavy atom. The fraction of sp³-hybridized carbons (Fsp3) is 0.417. The van der Waals surface area contributed by atoms with Gasteiger partial charge in [0.25, 0.3) is 0 Å². The van der Waals surface area contributed by atoms with Gasteiger partial charge >= 0.3 is 0 Å². The number of carbonyl (C=O) groups excluding carboxylic acids is 1. The Kier molecular flexibility index (Phi) is 4.68. The van der Waals surface area contributed by atoms with E-state index in [1.54, 1.807) is 0 Å². The van der Waals surface area contributed by atoms with Gasteiger partial charge < -0.3 is 11.1 Å². The Morgan fingerprint density at radius 2 is 2.00 bits per heavy atom. The lowest BCUT2D eigenvalue weighted by Crippen LogP contribution is -2.15. The molecule has 82 valence electrons. The lowest BCUT2D eigenvalue weighted by molar-refractivity contribution is -0.117. The standard InChI is InChI=1S/C12H18N2O/c1-2-3-10-4-6-11(7-5-10)14-9-8-12(13)15/h4-7,14H,2-3,8-9H2,1H3,(H2,13,15). The summed E-state index contributed by atoms with van der Waals surface area (Å²) < 4.78 is 0. The average Bonchev–Trinajstić information content (AvgIpc) is 2.20. The van der Waals surface area contributed by atoms with E-state index in [0.717, 1.165) is 18.5 Å². The first kappa shape index (κ1) is 11.6. The zero-order valence-corrected chi connectivity index (χ0v) is 9.12. The van der Waals surface area contributed by atoms with Crippen LogP contribution in [0.1, 0.15) is 25.3 Å². The minimum absolute atomic E-state index is 0.273. The predicted molar refractivity (Wildman–Crippen MR) is 62.7 cm³/mol. The number of hydrogen-bond acceptors (Lipinski definition) is 2. The van der Waals surface area contributed by atoms with Crippen molar-refractivity contribution in [1.29, 1.82) is 0 Å². The number of hydrogen-bond donors (Lipinski definition) is 2. The molecule has 0 unspecified atom stereocenters.